The fourth-order valence-electron chi connectivity index (χ4n) is 5.09. The molecule has 5 rings (SSSR count). The van der Waals surface area contributed by atoms with Gasteiger partial charge in [-0.1, -0.05) is 60.7 Å². The molecule has 0 aliphatic carbocycles. The zero-order valence-electron chi connectivity index (χ0n) is 20.0. The van der Waals surface area contributed by atoms with Crippen molar-refractivity contribution < 1.29 is 38.4 Å². The molecule has 2 amide bonds. The van der Waals surface area contributed by atoms with E-state index in [2.05, 4.69) is 0 Å². The summed E-state index contributed by atoms with van der Waals surface area (Å²) in [5.74, 6) is -3.91. The highest BCUT2D eigenvalue weighted by atomic mass is 16.9. The molecule has 190 valence electrons. The number of carbonyl (C=O) groups excluding carboxylic acids is 3. The lowest BCUT2D eigenvalue weighted by Gasteiger charge is -2.62. The molecule has 10 heteroatoms. The highest BCUT2D eigenvalue weighted by molar-refractivity contribution is 5.94. The summed E-state index contributed by atoms with van der Waals surface area (Å²) in [6.07, 6.45) is -1.32. The van der Waals surface area contributed by atoms with Crippen molar-refractivity contribution in [2.45, 2.75) is 50.8 Å². The molecule has 0 bridgehead atoms. The first-order valence-corrected chi connectivity index (χ1v) is 11.9. The van der Waals surface area contributed by atoms with Gasteiger partial charge in [0.15, 0.2) is 6.29 Å². The van der Waals surface area contributed by atoms with Gasteiger partial charge in [-0.05, 0) is 25.0 Å². The highest BCUT2D eigenvalue weighted by Gasteiger charge is 2.69. The van der Waals surface area contributed by atoms with Gasteiger partial charge in [0, 0.05) is 0 Å². The predicted octanol–water partition coefficient (Wildman–Crippen LogP) is 2.18. The summed E-state index contributed by atoms with van der Waals surface area (Å²) in [7, 11) is 0. The van der Waals surface area contributed by atoms with E-state index in [4.69, 9.17) is 18.9 Å². The molecule has 3 heterocycles. The zero-order chi connectivity index (χ0) is 25.4. The third-order valence-electron chi connectivity index (χ3n) is 6.90. The predicted molar refractivity (Wildman–Crippen MR) is 124 cm³/mol. The van der Waals surface area contributed by atoms with E-state index in [0.717, 1.165) is 11.1 Å². The number of esters is 1. The quantitative estimate of drug-likeness (QED) is 0.437. The van der Waals surface area contributed by atoms with E-state index in [9.17, 15) is 19.5 Å². The van der Waals surface area contributed by atoms with Crippen LogP contribution in [0.3, 0.4) is 0 Å². The van der Waals surface area contributed by atoms with Gasteiger partial charge in [-0.25, -0.2) is 4.79 Å². The van der Waals surface area contributed by atoms with Crippen LogP contribution in [0, 0.1) is 5.92 Å². The van der Waals surface area contributed by atoms with Crippen molar-refractivity contribution in [1.82, 2.24) is 9.80 Å². The maximum absolute atomic E-state index is 13.5. The van der Waals surface area contributed by atoms with Gasteiger partial charge in [0.25, 0.3) is 11.8 Å². The second-order valence-electron chi connectivity index (χ2n) is 9.06. The monoisotopic (exact) mass is 496 g/mol. The second-order valence-corrected chi connectivity index (χ2v) is 9.06. The average Bonchev–Trinajstić information content (AvgIpc) is 3.25. The summed E-state index contributed by atoms with van der Waals surface area (Å²) in [5.41, 5.74) is 1.62. The number of likely N-dealkylation sites (tertiary alicyclic amines) is 1. The van der Waals surface area contributed by atoms with E-state index >= 15 is 0 Å². The molecule has 1 unspecified atom stereocenters. The van der Waals surface area contributed by atoms with Crippen LogP contribution in [0.2, 0.25) is 0 Å². The van der Waals surface area contributed by atoms with Crippen LogP contribution >= 0.6 is 0 Å². The summed E-state index contributed by atoms with van der Waals surface area (Å²) < 4.78 is 22.4. The van der Waals surface area contributed by atoms with Crippen molar-refractivity contribution >= 4 is 18.0 Å². The summed E-state index contributed by atoms with van der Waals surface area (Å²) in [6, 6.07) is 16.1. The molecule has 0 spiro atoms. The molecule has 2 aromatic rings. The number of aliphatic hydroxyl groups excluding tert-OH is 1. The minimum atomic E-state index is -1.75. The van der Waals surface area contributed by atoms with Gasteiger partial charge in [-0.2, -0.15) is 0 Å². The second kappa shape index (κ2) is 9.53. The molecule has 36 heavy (non-hydrogen) atoms. The van der Waals surface area contributed by atoms with Gasteiger partial charge in [0.2, 0.25) is 0 Å². The Kier molecular flexibility index (Phi) is 6.42. The summed E-state index contributed by atoms with van der Waals surface area (Å²) in [4.78, 5) is 41.7. The summed E-state index contributed by atoms with van der Waals surface area (Å²) in [6.45, 7) is 2.84. The van der Waals surface area contributed by atoms with Crippen molar-refractivity contribution in [2.75, 3.05) is 13.2 Å². The highest BCUT2D eigenvalue weighted by Crippen LogP contribution is 2.47. The third-order valence-corrected chi connectivity index (χ3v) is 6.90. The molecule has 3 saturated heterocycles. The van der Waals surface area contributed by atoms with Crippen LogP contribution in [0.4, 0.5) is 4.79 Å². The van der Waals surface area contributed by atoms with Gasteiger partial charge < -0.3 is 24.1 Å². The van der Waals surface area contributed by atoms with Crippen LogP contribution in [-0.4, -0.2) is 70.4 Å². The molecule has 4 atom stereocenters. The number of hydrogen-bond acceptors (Lipinski definition) is 8. The Hall–Kier alpha value is -3.47. The molecule has 3 aliphatic heterocycles. The Morgan fingerprint density at radius 2 is 1.75 bits per heavy atom. The van der Waals surface area contributed by atoms with Gasteiger partial charge in [0.05, 0.1) is 18.7 Å². The number of amides is 2. The summed E-state index contributed by atoms with van der Waals surface area (Å²) >= 11 is 0. The van der Waals surface area contributed by atoms with E-state index in [0.29, 0.717) is 0 Å². The topological polar surface area (TPSA) is 115 Å². The lowest BCUT2D eigenvalue weighted by Crippen LogP contribution is -2.83. The molecule has 0 radical (unpaired) electrons. The zero-order valence-corrected chi connectivity index (χ0v) is 20.0. The van der Waals surface area contributed by atoms with Crippen molar-refractivity contribution in [1.29, 1.82) is 0 Å². The van der Waals surface area contributed by atoms with Crippen LogP contribution in [0.5, 0.6) is 0 Å². The Balaban J connectivity index is 1.36. The standard InChI is InChI=1S/C26H28N2O8/c1-16(24(31)33-14-18-9-5-3-6-10-18)26(35-17(2)36-26)28-20(13-29)22(23(28)30)27-21(15-34-25(27)32)19-11-7-4-8-12-19/h3-12,16-17,20-22,29H,13-15H2,1-2H3/t16?,17?,20-,21-,22+,26?/m1/s1. The van der Waals surface area contributed by atoms with Gasteiger partial charge in [-0.15, -0.1) is 0 Å². The lowest BCUT2D eigenvalue weighted by molar-refractivity contribution is -0.510. The molecule has 0 aromatic heterocycles. The number of ether oxygens (including phenoxy) is 4. The van der Waals surface area contributed by atoms with Gasteiger partial charge >= 0.3 is 12.1 Å². The number of β-lactam (4-membered cyclic amide) rings is 1. The van der Waals surface area contributed by atoms with E-state index < -0.39 is 60.8 Å². The van der Waals surface area contributed by atoms with E-state index in [1.807, 2.05) is 60.7 Å². The lowest BCUT2D eigenvalue weighted by atomic mass is 9.87. The first kappa shape index (κ1) is 24.2. The molecule has 3 aliphatic rings. The normalized spacial score (nSPS) is 30.3. The van der Waals surface area contributed by atoms with Crippen molar-refractivity contribution in [2.24, 2.45) is 5.92 Å². The van der Waals surface area contributed by atoms with E-state index in [-0.39, 0.29) is 13.2 Å². The minimum Gasteiger partial charge on any atom is -0.460 e. The fourth-order valence-corrected chi connectivity index (χ4v) is 5.09. The molecular weight excluding hydrogens is 468 g/mol. The van der Waals surface area contributed by atoms with Gasteiger partial charge in [0.1, 0.15) is 25.2 Å². The Labute approximate surface area is 208 Å². The minimum absolute atomic E-state index is 0.0496. The van der Waals surface area contributed by atoms with Crippen LogP contribution < -0.4 is 0 Å². The first-order valence-electron chi connectivity index (χ1n) is 11.9. The third kappa shape index (κ3) is 3.91. The summed E-state index contributed by atoms with van der Waals surface area (Å²) in [5, 5.41) is 10.3. The van der Waals surface area contributed by atoms with E-state index in [1.54, 1.807) is 13.8 Å². The largest absolute Gasteiger partial charge is 0.460 e. The number of aliphatic hydroxyl groups is 1. The van der Waals surface area contributed by atoms with Crippen molar-refractivity contribution in [3.05, 3.63) is 71.8 Å². The number of carbonyl (C=O) groups is 3. The molecule has 3 fully saturated rings. The number of nitrogens with zero attached hydrogens (tertiary/aromatic N) is 2. The molecule has 10 nitrogen and oxygen atoms in total. The number of hydrogen-bond donors (Lipinski definition) is 1. The first-order chi connectivity index (χ1) is 17.4. The SMILES string of the molecule is CC1OC(C(C)C(=O)OCc2ccccc2)(N2C(=O)[C@@H](N3C(=O)OC[C@@H]3c3ccccc3)[C@H]2CO)O1. The smallest absolute Gasteiger partial charge is 0.411 e. The van der Waals surface area contributed by atoms with Crippen molar-refractivity contribution in [3.8, 4) is 0 Å². The number of cyclic esters (lactones) is 1. The van der Waals surface area contributed by atoms with Gasteiger partial charge in [-0.3, -0.25) is 19.4 Å². The van der Waals surface area contributed by atoms with Crippen LogP contribution in [0.1, 0.15) is 31.0 Å². The Morgan fingerprint density at radius 1 is 1.11 bits per heavy atom. The maximum atomic E-state index is 13.5. The van der Waals surface area contributed by atoms with E-state index in [1.165, 1.54) is 9.80 Å². The van der Waals surface area contributed by atoms with Crippen molar-refractivity contribution in [3.63, 3.8) is 0 Å². The fraction of sp³-hybridized carbons (Fsp3) is 0.423. The van der Waals surface area contributed by atoms with Crippen LogP contribution in [-0.2, 0) is 35.1 Å². The van der Waals surface area contributed by atoms with Crippen LogP contribution in [0.15, 0.2) is 60.7 Å². The Bertz CT molecular complexity index is 1120. The maximum Gasteiger partial charge on any atom is 0.411 e. The number of rotatable bonds is 8. The average molecular weight is 497 g/mol. The molecule has 2 aromatic carbocycles. The van der Waals surface area contributed by atoms with Crippen LogP contribution in [0.25, 0.3) is 0 Å². The number of benzene rings is 2. The molecule has 1 N–H and O–H groups in total. The molecular formula is C26H28N2O8. The Morgan fingerprint density at radius 3 is 2.36 bits per heavy atom. The molecule has 0 saturated carbocycles.